The van der Waals surface area contributed by atoms with E-state index < -0.39 is 29.9 Å². The predicted octanol–water partition coefficient (Wildman–Crippen LogP) is 4.94. The van der Waals surface area contributed by atoms with Crippen LogP contribution in [-0.4, -0.2) is 40.8 Å². The van der Waals surface area contributed by atoms with Crippen molar-refractivity contribution in [3.63, 3.8) is 0 Å². The molecule has 0 amide bonds. The Bertz CT molecular complexity index is 792. The first-order chi connectivity index (χ1) is 13.2. The van der Waals surface area contributed by atoms with Gasteiger partial charge in [-0.1, -0.05) is 36.0 Å². The maximum Gasteiger partial charge on any atom is 0.491 e. The highest BCUT2D eigenvalue weighted by molar-refractivity contribution is 8.13. The van der Waals surface area contributed by atoms with Gasteiger partial charge in [-0.25, -0.2) is 4.79 Å². The lowest BCUT2D eigenvalue weighted by Gasteiger charge is -2.32. The second-order valence-corrected chi connectivity index (χ2v) is 10.3. The van der Waals surface area contributed by atoms with E-state index in [2.05, 4.69) is 0 Å². The van der Waals surface area contributed by atoms with Crippen LogP contribution < -0.4 is 0 Å². The van der Waals surface area contributed by atoms with Crippen LogP contribution in [-0.2, 0) is 18.8 Å². The fourth-order valence-electron chi connectivity index (χ4n) is 2.70. The number of carbonyl (C=O) groups is 2. The van der Waals surface area contributed by atoms with Gasteiger partial charge in [0.05, 0.1) is 16.8 Å². The quantitative estimate of drug-likeness (QED) is 0.499. The fraction of sp³-hybridized carbons (Fsp3) is 0.545. The van der Waals surface area contributed by atoms with Crippen LogP contribution in [0.5, 0.6) is 0 Å². The van der Waals surface area contributed by atoms with E-state index in [4.69, 9.17) is 14.0 Å². The second kappa shape index (κ2) is 8.66. The van der Waals surface area contributed by atoms with Gasteiger partial charge in [0.15, 0.2) is 5.12 Å². The Morgan fingerprint density at radius 2 is 1.66 bits per heavy atom. The molecular formula is C22H31BO5S. The molecule has 1 fully saturated rings. The average Bonchev–Trinajstić information content (AvgIpc) is 2.77. The second-order valence-electron chi connectivity index (χ2n) is 9.18. The predicted molar refractivity (Wildman–Crippen MR) is 119 cm³/mol. The fourth-order valence-corrected chi connectivity index (χ4v) is 3.29. The summed E-state index contributed by atoms with van der Waals surface area (Å²) in [6.07, 6.45) is 1.87. The van der Waals surface area contributed by atoms with Gasteiger partial charge in [0.2, 0.25) is 0 Å². The highest BCUT2D eigenvalue weighted by atomic mass is 32.2. The Morgan fingerprint density at radius 3 is 2.17 bits per heavy atom. The van der Waals surface area contributed by atoms with Gasteiger partial charge in [0, 0.05) is 12.7 Å². The van der Waals surface area contributed by atoms with Crippen molar-refractivity contribution in [2.45, 2.75) is 72.2 Å². The van der Waals surface area contributed by atoms with Gasteiger partial charge in [-0.15, -0.1) is 0 Å². The van der Waals surface area contributed by atoms with Crippen molar-refractivity contribution in [1.29, 1.82) is 0 Å². The highest BCUT2D eigenvalue weighted by Crippen LogP contribution is 2.39. The van der Waals surface area contributed by atoms with Crippen LogP contribution in [0.3, 0.4) is 0 Å². The van der Waals surface area contributed by atoms with Crippen molar-refractivity contribution in [3.8, 4) is 0 Å². The summed E-state index contributed by atoms with van der Waals surface area (Å²) in [6, 6.07) is 7.25. The molecule has 1 saturated heterocycles. The summed E-state index contributed by atoms with van der Waals surface area (Å²) in [5.41, 5.74) is 0.372. The van der Waals surface area contributed by atoms with Gasteiger partial charge < -0.3 is 14.0 Å². The average molecular weight is 418 g/mol. The van der Waals surface area contributed by atoms with Crippen molar-refractivity contribution in [2.24, 2.45) is 0 Å². The minimum atomic E-state index is -0.599. The molecule has 0 atom stereocenters. The normalized spacial score (nSPS) is 18.6. The molecule has 0 spiro atoms. The molecule has 29 heavy (non-hydrogen) atoms. The van der Waals surface area contributed by atoms with Crippen LogP contribution in [0.4, 0.5) is 0 Å². The standard InChI is InChI=1S/C22H31BO5S/c1-15(24)29-14-17(23-27-21(5,6)22(7,8)28-23)13-16-11-9-10-12-18(16)19(25)26-20(2,3)4/h9-13H,14H2,1-8H3. The molecule has 0 bridgehead atoms. The van der Waals surface area contributed by atoms with E-state index in [1.807, 2.05) is 66.7 Å². The summed E-state index contributed by atoms with van der Waals surface area (Å²) in [6.45, 7) is 15.0. The summed E-state index contributed by atoms with van der Waals surface area (Å²) < 4.78 is 17.9. The Morgan fingerprint density at radius 1 is 1.10 bits per heavy atom. The molecule has 2 rings (SSSR count). The van der Waals surface area contributed by atoms with Crippen molar-refractivity contribution >= 4 is 36.0 Å². The minimum Gasteiger partial charge on any atom is -0.456 e. The first-order valence-electron chi connectivity index (χ1n) is 9.74. The third-order valence-corrected chi connectivity index (χ3v) is 5.80. The van der Waals surface area contributed by atoms with Crippen LogP contribution >= 0.6 is 11.8 Å². The third-order valence-electron chi connectivity index (χ3n) is 4.92. The molecule has 0 saturated carbocycles. The van der Waals surface area contributed by atoms with Crippen LogP contribution in [0.15, 0.2) is 29.7 Å². The van der Waals surface area contributed by atoms with E-state index in [9.17, 15) is 9.59 Å². The zero-order chi connectivity index (χ0) is 22.0. The van der Waals surface area contributed by atoms with Crippen LogP contribution in [0.1, 0.15) is 71.3 Å². The number of esters is 1. The number of carbonyl (C=O) groups excluding carboxylic acids is 2. The molecule has 0 unspecified atom stereocenters. The lowest BCUT2D eigenvalue weighted by Crippen LogP contribution is -2.41. The maximum atomic E-state index is 12.7. The Balaban J connectivity index is 2.42. The van der Waals surface area contributed by atoms with E-state index in [1.54, 1.807) is 12.1 Å². The van der Waals surface area contributed by atoms with E-state index in [0.29, 0.717) is 16.9 Å². The van der Waals surface area contributed by atoms with Gasteiger partial charge >= 0.3 is 13.1 Å². The van der Waals surface area contributed by atoms with Crippen molar-refractivity contribution in [2.75, 3.05) is 5.75 Å². The van der Waals surface area contributed by atoms with Crippen LogP contribution in [0, 0.1) is 0 Å². The summed E-state index contributed by atoms with van der Waals surface area (Å²) in [5.74, 6) is 0.0197. The van der Waals surface area contributed by atoms with Crippen LogP contribution in [0.25, 0.3) is 6.08 Å². The largest absolute Gasteiger partial charge is 0.491 e. The molecule has 1 aromatic rings. The molecule has 0 aliphatic carbocycles. The number of benzene rings is 1. The molecule has 5 nitrogen and oxygen atoms in total. The Kier molecular flexibility index (Phi) is 7.08. The summed E-state index contributed by atoms with van der Waals surface area (Å²) in [7, 11) is -0.599. The smallest absolute Gasteiger partial charge is 0.456 e. The van der Waals surface area contributed by atoms with E-state index in [0.717, 1.165) is 5.47 Å². The lowest BCUT2D eigenvalue weighted by atomic mass is 9.78. The van der Waals surface area contributed by atoms with Crippen LogP contribution in [0.2, 0.25) is 0 Å². The molecule has 7 heteroatoms. The van der Waals surface area contributed by atoms with E-state index in [1.165, 1.54) is 18.7 Å². The minimum absolute atomic E-state index is 0.00726. The van der Waals surface area contributed by atoms with Crippen molar-refractivity contribution < 1.29 is 23.6 Å². The number of thioether (sulfide) groups is 1. The molecule has 1 aliphatic heterocycles. The Labute approximate surface area is 178 Å². The zero-order valence-corrected chi connectivity index (χ0v) is 19.4. The zero-order valence-electron chi connectivity index (χ0n) is 18.6. The molecule has 1 aromatic carbocycles. The third kappa shape index (κ3) is 6.20. The summed E-state index contributed by atoms with van der Waals surface area (Å²) in [4.78, 5) is 24.3. The highest BCUT2D eigenvalue weighted by Gasteiger charge is 2.52. The summed E-state index contributed by atoms with van der Waals surface area (Å²) in [5, 5.41) is 0.00726. The van der Waals surface area contributed by atoms with E-state index >= 15 is 0 Å². The van der Waals surface area contributed by atoms with Gasteiger partial charge in [-0.05, 0) is 65.6 Å². The van der Waals surface area contributed by atoms with Gasteiger partial charge in [0.25, 0.3) is 0 Å². The number of hydrogen-bond donors (Lipinski definition) is 0. The van der Waals surface area contributed by atoms with Crippen molar-refractivity contribution in [1.82, 2.24) is 0 Å². The first kappa shape index (κ1) is 23.7. The molecule has 1 heterocycles. The summed E-state index contributed by atoms with van der Waals surface area (Å²) >= 11 is 1.19. The van der Waals surface area contributed by atoms with Gasteiger partial charge in [-0.3, -0.25) is 4.79 Å². The Hall–Kier alpha value is -1.57. The van der Waals surface area contributed by atoms with E-state index in [-0.39, 0.29) is 5.12 Å². The topological polar surface area (TPSA) is 61.8 Å². The number of ether oxygens (including phenoxy) is 1. The molecule has 158 valence electrons. The first-order valence-corrected chi connectivity index (χ1v) is 10.7. The monoisotopic (exact) mass is 418 g/mol. The van der Waals surface area contributed by atoms with Gasteiger partial charge in [-0.2, -0.15) is 0 Å². The SMILES string of the molecule is CC(=O)SCC(=Cc1ccccc1C(=O)OC(C)(C)C)B1OC(C)(C)C(C)(C)O1. The molecule has 0 N–H and O–H groups in total. The lowest BCUT2D eigenvalue weighted by molar-refractivity contribution is -0.109. The maximum absolute atomic E-state index is 12.7. The molecule has 1 aliphatic rings. The number of rotatable bonds is 5. The number of hydrogen-bond acceptors (Lipinski definition) is 6. The van der Waals surface area contributed by atoms with Crippen molar-refractivity contribution in [3.05, 3.63) is 40.9 Å². The molecular weight excluding hydrogens is 387 g/mol. The molecule has 0 aromatic heterocycles. The van der Waals surface area contributed by atoms with Gasteiger partial charge in [0.1, 0.15) is 5.60 Å². The molecule has 0 radical (unpaired) electrons.